The highest BCUT2D eigenvalue weighted by Crippen LogP contribution is 2.14. The van der Waals surface area contributed by atoms with Crippen molar-refractivity contribution in [1.29, 1.82) is 0 Å². The highest BCUT2D eigenvalue weighted by atomic mass is 35.5. The van der Waals surface area contributed by atoms with Crippen LogP contribution in [0.2, 0.25) is 5.02 Å². The fraction of sp³-hybridized carbons (Fsp3) is 0.167. The predicted molar refractivity (Wildman–Crippen MR) is 90.2 cm³/mol. The summed E-state index contributed by atoms with van der Waals surface area (Å²) < 4.78 is 0. The van der Waals surface area contributed by atoms with Crippen molar-refractivity contribution in [1.82, 2.24) is 10.3 Å². The largest absolute Gasteiger partial charge is 0.361 e. The summed E-state index contributed by atoms with van der Waals surface area (Å²) in [5.41, 5.74) is 3.24. The van der Waals surface area contributed by atoms with Crippen molar-refractivity contribution in [2.24, 2.45) is 0 Å². The Morgan fingerprint density at radius 2 is 2.00 bits per heavy atom. The van der Waals surface area contributed by atoms with Gasteiger partial charge in [-0.25, -0.2) is 0 Å². The van der Waals surface area contributed by atoms with Crippen LogP contribution < -0.4 is 5.32 Å². The first-order valence-corrected chi connectivity index (χ1v) is 7.66. The zero-order valence-electron chi connectivity index (χ0n) is 12.1. The van der Waals surface area contributed by atoms with E-state index >= 15 is 0 Å². The first-order chi connectivity index (χ1) is 10.7. The molecule has 2 aromatic carbocycles. The van der Waals surface area contributed by atoms with Crippen molar-refractivity contribution in [3.8, 4) is 0 Å². The minimum Gasteiger partial charge on any atom is -0.361 e. The van der Waals surface area contributed by atoms with Gasteiger partial charge in [-0.3, -0.25) is 4.79 Å². The molecule has 1 heterocycles. The highest BCUT2D eigenvalue weighted by molar-refractivity contribution is 6.30. The van der Waals surface area contributed by atoms with Crippen LogP contribution >= 0.6 is 11.6 Å². The summed E-state index contributed by atoms with van der Waals surface area (Å²) in [7, 11) is 0. The van der Waals surface area contributed by atoms with Crippen LogP contribution in [0.3, 0.4) is 0 Å². The van der Waals surface area contributed by atoms with Gasteiger partial charge in [0.15, 0.2) is 0 Å². The number of carbonyl (C=O) groups is 1. The van der Waals surface area contributed by atoms with Gasteiger partial charge in [-0.1, -0.05) is 29.8 Å². The average Bonchev–Trinajstić information content (AvgIpc) is 2.95. The lowest BCUT2D eigenvalue weighted by Crippen LogP contribution is -2.27. The third-order valence-electron chi connectivity index (χ3n) is 3.61. The second-order valence-corrected chi connectivity index (χ2v) is 5.74. The van der Waals surface area contributed by atoms with E-state index in [9.17, 15) is 4.79 Å². The molecule has 0 radical (unpaired) electrons. The van der Waals surface area contributed by atoms with E-state index in [0.717, 1.165) is 33.5 Å². The van der Waals surface area contributed by atoms with E-state index in [-0.39, 0.29) is 5.91 Å². The number of carbonyl (C=O) groups excluding carboxylic acids is 1. The summed E-state index contributed by atoms with van der Waals surface area (Å²) >= 11 is 5.94. The maximum absolute atomic E-state index is 12.0. The van der Waals surface area contributed by atoms with Gasteiger partial charge in [-0.15, -0.1) is 0 Å². The Bertz CT molecular complexity index is 794. The van der Waals surface area contributed by atoms with Gasteiger partial charge in [0.2, 0.25) is 5.91 Å². The molecule has 0 saturated carbocycles. The molecule has 0 aliphatic rings. The SMILES string of the molecule is O=C(Cc1ccc2[nH]ccc2c1)NCCc1cccc(Cl)c1. The van der Waals surface area contributed by atoms with Crippen molar-refractivity contribution < 1.29 is 4.79 Å². The molecule has 0 aliphatic heterocycles. The fourth-order valence-electron chi connectivity index (χ4n) is 2.50. The van der Waals surface area contributed by atoms with Crippen LogP contribution in [0.4, 0.5) is 0 Å². The van der Waals surface area contributed by atoms with E-state index in [2.05, 4.69) is 10.3 Å². The summed E-state index contributed by atoms with van der Waals surface area (Å²) in [5.74, 6) is 0.0388. The lowest BCUT2D eigenvalue weighted by Gasteiger charge is -2.06. The number of aromatic amines is 1. The molecule has 0 bridgehead atoms. The van der Waals surface area contributed by atoms with Gasteiger partial charge in [0.1, 0.15) is 0 Å². The molecular weight excluding hydrogens is 296 g/mol. The molecule has 0 fully saturated rings. The smallest absolute Gasteiger partial charge is 0.224 e. The molecule has 0 spiro atoms. The molecular formula is C18H17ClN2O. The second kappa shape index (κ2) is 6.67. The minimum atomic E-state index is 0.0388. The number of H-pyrrole nitrogens is 1. The molecule has 3 aromatic rings. The number of hydrogen-bond donors (Lipinski definition) is 2. The van der Waals surface area contributed by atoms with Crippen LogP contribution in [0.5, 0.6) is 0 Å². The summed E-state index contributed by atoms with van der Waals surface area (Å²) in [4.78, 5) is 15.1. The maximum atomic E-state index is 12.0. The summed E-state index contributed by atoms with van der Waals surface area (Å²) in [6.45, 7) is 0.617. The number of nitrogens with one attached hydrogen (secondary N) is 2. The van der Waals surface area contributed by atoms with Crippen LogP contribution in [-0.4, -0.2) is 17.4 Å². The van der Waals surface area contributed by atoms with Gasteiger partial charge in [0, 0.05) is 23.3 Å². The Morgan fingerprint density at radius 1 is 1.09 bits per heavy atom. The molecule has 112 valence electrons. The van der Waals surface area contributed by atoms with Gasteiger partial charge in [-0.05, 0) is 53.3 Å². The van der Waals surface area contributed by atoms with Crippen molar-refractivity contribution in [2.75, 3.05) is 6.54 Å². The first-order valence-electron chi connectivity index (χ1n) is 7.28. The number of halogens is 1. The van der Waals surface area contributed by atoms with E-state index in [1.807, 2.05) is 54.7 Å². The van der Waals surface area contributed by atoms with Crippen molar-refractivity contribution in [3.63, 3.8) is 0 Å². The Balaban J connectivity index is 1.51. The molecule has 1 aromatic heterocycles. The number of benzene rings is 2. The van der Waals surface area contributed by atoms with E-state index in [1.54, 1.807) is 0 Å². The van der Waals surface area contributed by atoms with Crippen molar-refractivity contribution in [3.05, 3.63) is 70.9 Å². The second-order valence-electron chi connectivity index (χ2n) is 5.31. The Morgan fingerprint density at radius 3 is 2.86 bits per heavy atom. The number of amides is 1. The highest BCUT2D eigenvalue weighted by Gasteiger charge is 2.04. The number of aromatic nitrogens is 1. The van der Waals surface area contributed by atoms with Crippen molar-refractivity contribution in [2.45, 2.75) is 12.8 Å². The number of hydrogen-bond acceptors (Lipinski definition) is 1. The molecule has 2 N–H and O–H groups in total. The molecule has 0 aliphatic carbocycles. The Hall–Kier alpha value is -2.26. The zero-order valence-corrected chi connectivity index (χ0v) is 12.9. The van der Waals surface area contributed by atoms with E-state index < -0.39 is 0 Å². The lowest BCUT2D eigenvalue weighted by molar-refractivity contribution is -0.120. The molecule has 0 unspecified atom stereocenters. The molecule has 0 saturated heterocycles. The lowest BCUT2D eigenvalue weighted by atomic mass is 10.1. The van der Waals surface area contributed by atoms with Gasteiger partial charge >= 0.3 is 0 Å². The predicted octanol–water partition coefficient (Wildman–Crippen LogP) is 3.72. The van der Waals surface area contributed by atoms with Gasteiger partial charge in [0.05, 0.1) is 6.42 Å². The maximum Gasteiger partial charge on any atom is 0.224 e. The van der Waals surface area contributed by atoms with Gasteiger partial charge in [0.25, 0.3) is 0 Å². The fourth-order valence-corrected chi connectivity index (χ4v) is 2.71. The molecule has 3 rings (SSSR count). The summed E-state index contributed by atoms with van der Waals surface area (Å²) in [6, 6.07) is 15.7. The molecule has 4 heteroatoms. The normalized spacial score (nSPS) is 10.8. The Labute approximate surface area is 134 Å². The van der Waals surface area contributed by atoms with Crippen LogP contribution in [0.25, 0.3) is 10.9 Å². The van der Waals surface area contributed by atoms with Crippen LogP contribution in [0.15, 0.2) is 54.7 Å². The van der Waals surface area contributed by atoms with E-state index in [1.165, 1.54) is 0 Å². The monoisotopic (exact) mass is 312 g/mol. The topological polar surface area (TPSA) is 44.9 Å². The van der Waals surface area contributed by atoms with Crippen LogP contribution in [0, 0.1) is 0 Å². The van der Waals surface area contributed by atoms with E-state index in [0.29, 0.717) is 13.0 Å². The molecule has 3 nitrogen and oxygen atoms in total. The molecule has 1 amide bonds. The summed E-state index contributed by atoms with van der Waals surface area (Å²) in [5, 5.41) is 4.81. The van der Waals surface area contributed by atoms with Gasteiger partial charge in [-0.2, -0.15) is 0 Å². The average molecular weight is 313 g/mol. The minimum absolute atomic E-state index is 0.0388. The van der Waals surface area contributed by atoms with Gasteiger partial charge < -0.3 is 10.3 Å². The number of rotatable bonds is 5. The summed E-state index contributed by atoms with van der Waals surface area (Å²) in [6.07, 6.45) is 3.08. The third kappa shape index (κ3) is 3.68. The Kier molecular flexibility index (Phi) is 4.45. The first kappa shape index (κ1) is 14.7. The number of fused-ring (bicyclic) bond motifs is 1. The van der Waals surface area contributed by atoms with Crippen LogP contribution in [-0.2, 0) is 17.6 Å². The molecule has 22 heavy (non-hydrogen) atoms. The third-order valence-corrected chi connectivity index (χ3v) is 3.84. The standard InChI is InChI=1S/C18H17ClN2O/c19-16-3-1-2-13(11-16)6-8-21-18(22)12-14-4-5-17-15(10-14)7-9-20-17/h1-5,7,9-11,20H,6,8,12H2,(H,21,22). The van der Waals surface area contributed by atoms with E-state index in [4.69, 9.17) is 11.6 Å². The van der Waals surface area contributed by atoms with Crippen LogP contribution in [0.1, 0.15) is 11.1 Å². The van der Waals surface area contributed by atoms with Crippen molar-refractivity contribution >= 4 is 28.4 Å². The molecule has 0 atom stereocenters. The quantitative estimate of drug-likeness (QED) is 0.741. The zero-order chi connectivity index (χ0) is 15.4.